The number of rotatable bonds is 6. The van der Waals surface area contributed by atoms with Crippen LogP contribution in [-0.4, -0.2) is 26.7 Å². The van der Waals surface area contributed by atoms with Gasteiger partial charge in [-0.05, 0) is 38.6 Å². The third-order valence-electron chi connectivity index (χ3n) is 2.66. The minimum absolute atomic E-state index is 0.138. The van der Waals surface area contributed by atoms with E-state index < -0.39 is 0 Å². The van der Waals surface area contributed by atoms with Crippen LogP contribution in [0.15, 0.2) is 24.3 Å². The molecule has 0 fully saturated rings. The highest BCUT2D eigenvalue weighted by Crippen LogP contribution is 2.19. The van der Waals surface area contributed by atoms with E-state index in [1.54, 1.807) is 6.07 Å². The van der Waals surface area contributed by atoms with E-state index in [-0.39, 0.29) is 5.82 Å². The number of para-hydroxylation sites is 1. The van der Waals surface area contributed by atoms with Crippen LogP contribution >= 0.6 is 0 Å². The number of hydrogen-bond donors (Lipinski definition) is 1. The molecule has 1 aromatic rings. The summed E-state index contributed by atoms with van der Waals surface area (Å²) < 4.78 is 13.6. The van der Waals surface area contributed by atoms with Crippen molar-refractivity contribution in [1.29, 1.82) is 0 Å². The standard InChI is InChI=1S/C13H21FN2/c1-4-16(10-11(2)9-15-3)13-8-6-5-7-12(13)14/h5-8,11,15H,4,9-10H2,1-3H3. The summed E-state index contributed by atoms with van der Waals surface area (Å²) in [6.45, 7) is 6.87. The van der Waals surface area contributed by atoms with Crippen molar-refractivity contribution in [1.82, 2.24) is 5.32 Å². The predicted molar refractivity (Wildman–Crippen MR) is 67.4 cm³/mol. The summed E-state index contributed by atoms with van der Waals surface area (Å²) >= 11 is 0. The Morgan fingerprint density at radius 2 is 2.06 bits per heavy atom. The Kier molecular flexibility index (Phi) is 5.26. The smallest absolute Gasteiger partial charge is 0.146 e. The second-order valence-corrected chi connectivity index (χ2v) is 4.15. The van der Waals surface area contributed by atoms with Crippen molar-refractivity contribution in [2.24, 2.45) is 5.92 Å². The Balaban J connectivity index is 2.71. The van der Waals surface area contributed by atoms with Crippen LogP contribution in [-0.2, 0) is 0 Å². The summed E-state index contributed by atoms with van der Waals surface area (Å²) in [4.78, 5) is 2.08. The van der Waals surface area contributed by atoms with Crippen molar-refractivity contribution < 1.29 is 4.39 Å². The van der Waals surface area contributed by atoms with Crippen molar-refractivity contribution in [3.8, 4) is 0 Å². The highest BCUT2D eigenvalue weighted by molar-refractivity contribution is 5.47. The van der Waals surface area contributed by atoms with Crippen LogP contribution in [0, 0.1) is 11.7 Å². The van der Waals surface area contributed by atoms with Gasteiger partial charge in [0.1, 0.15) is 5.82 Å². The van der Waals surface area contributed by atoms with Gasteiger partial charge in [-0.3, -0.25) is 0 Å². The summed E-state index contributed by atoms with van der Waals surface area (Å²) in [7, 11) is 1.94. The zero-order valence-corrected chi connectivity index (χ0v) is 10.3. The number of halogens is 1. The normalized spacial score (nSPS) is 12.5. The fraction of sp³-hybridized carbons (Fsp3) is 0.538. The van der Waals surface area contributed by atoms with Crippen molar-refractivity contribution >= 4 is 5.69 Å². The van der Waals surface area contributed by atoms with Gasteiger partial charge in [0.2, 0.25) is 0 Å². The molecule has 1 atom stereocenters. The van der Waals surface area contributed by atoms with Crippen LogP contribution < -0.4 is 10.2 Å². The number of hydrogen-bond acceptors (Lipinski definition) is 2. The minimum Gasteiger partial charge on any atom is -0.369 e. The van der Waals surface area contributed by atoms with E-state index in [2.05, 4.69) is 24.1 Å². The van der Waals surface area contributed by atoms with Gasteiger partial charge in [-0.25, -0.2) is 4.39 Å². The molecule has 0 aliphatic rings. The molecule has 0 amide bonds. The van der Waals surface area contributed by atoms with E-state index >= 15 is 0 Å². The first-order valence-corrected chi connectivity index (χ1v) is 5.83. The summed E-state index contributed by atoms with van der Waals surface area (Å²) in [5, 5.41) is 3.14. The lowest BCUT2D eigenvalue weighted by Crippen LogP contribution is -2.32. The Labute approximate surface area is 97.5 Å². The fourth-order valence-electron chi connectivity index (χ4n) is 1.90. The van der Waals surface area contributed by atoms with Gasteiger partial charge < -0.3 is 10.2 Å². The quantitative estimate of drug-likeness (QED) is 0.798. The van der Waals surface area contributed by atoms with Gasteiger partial charge >= 0.3 is 0 Å². The molecule has 2 nitrogen and oxygen atoms in total. The minimum atomic E-state index is -0.138. The fourth-order valence-corrected chi connectivity index (χ4v) is 1.90. The van der Waals surface area contributed by atoms with Gasteiger partial charge in [0.05, 0.1) is 5.69 Å². The SMILES string of the molecule is CCN(CC(C)CNC)c1ccccc1F. The lowest BCUT2D eigenvalue weighted by atomic mass is 10.1. The molecule has 0 aliphatic heterocycles. The van der Waals surface area contributed by atoms with Crippen LogP contribution in [0.4, 0.5) is 10.1 Å². The predicted octanol–water partition coefficient (Wildman–Crippen LogP) is 2.51. The van der Waals surface area contributed by atoms with E-state index in [1.807, 2.05) is 19.2 Å². The van der Waals surface area contributed by atoms with Crippen molar-refractivity contribution in [2.45, 2.75) is 13.8 Å². The molecular formula is C13H21FN2. The third kappa shape index (κ3) is 3.49. The third-order valence-corrected chi connectivity index (χ3v) is 2.66. The summed E-state index contributed by atoms with van der Waals surface area (Å²) in [6.07, 6.45) is 0. The molecule has 0 aliphatic carbocycles. The molecule has 1 aromatic carbocycles. The van der Waals surface area contributed by atoms with Crippen LogP contribution in [0.1, 0.15) is 13.8 Å². The van der Waals surface area contributed by atoms with Crippen molar-refractivity contribution in [3.63, 3.8) is 0 Å². The van der Waals surface area contributed by atoms with E-state index in [9.17, 15) is 4.39 Å². The van der Waals surface area contributed by atoms with Gasteiger partial charge in [0.25, 0.3) is 0 Å². The molecule has 0 saturated carbocycles. The Bertz CT molecular complexity index is 315. The van der Waals surface area contributed by atoms with Crippen molar-refractivity contribution in [3.05, 3.63) is 30.1 Å². The molecule has 0 spiro atoms. The molecule has 0 aromatic heterocycles. The maximum atomic E-state index is 13.6. The van der Waals surface area contributed by atoms with Crippen LogP contribution in [0.2, 0.25) is 0 Å². The number of nitrogens with one attached hydrogen (secondary N) is 1. The zero-order chi connectivity index (χ0) is 12.0. The number of benzene rings is 1. The van der Waals surface area contributed by atoms with Crippen molar-refractivity contribution in [2.75, 3.05) is 31.6 Å². The first kappa shape index (κ1) is 13.0. The Morgan fingerprint density at radius 1 is 1.38 bits per heavy atom. The maximum absolute atomic E-state index is 13.6. The van der Waals surface area contributed by atoms with Crippen LogP contribution in [0.5, 0.6) is 0 Å². The average molecular weight is 224 g/mol. The van der Waals surface area contributed by atoms with E-state index in [1.165, 1.54) is 6.07 Å². The molecule has 1 rings (SSSR count). The molecular weight excluding hydrogens is 203 g/mol. The second-order valence-electron chi connectivity index (χ2n) is 4.15. The van der Waals surface area contributed by atoms with Gasteiger partial charge in [0.15, 0.2) is 0 Å². The highest BCUT2D eigenvalue weighted by Gasteiger charge is 2.12. The monoisotopic (exact) mass is 224 g/mol. The lowest BCUT2D eigenvalue weighted by Gasteiger charge is -2.26. The van der Waals surface area contributed by atoms with Gasteiger partial charge in [-0.15, -0.1) is 0 Å². The van der Waals surface area contributed by atoms with Gasteiger partial charge in [0, 0.05) is 13.1 Å². The van der Waals surface area contributed by atoms with Crippen LogP contribution in [0.3, 0.4) is 0 Å². The first-order valence-electron chi connectivity index (χ1n) is 5.83. The molecule has 1 unspecified atom stereocenters. The van der Waals surface area contributed by atoms with E-state index in [0.29, 0.717) is 11.6 Å². The topological polar surface area (TPSA) is 15.3 Å². The maximum Gasteiger partial charge on any atom is 0.146 e. The molecule has 1 N–H and O–H groups in total. The summed E-state index contributed by atoms with van der Waals surface area (Å²) in [6, 6.07) is 6.96. The average Bonchev–Trinajstić information content (AvgIpc) is 2.27. The molecule has 0 bridgehead atoms. The molecule has 0 radical (unpaired) electrons. The Morgan fingerprint density at radius 3 is 2.62 bits per heavy atom. The first-order chi connectivity index (χ1) is 7.69. The number of nitrogens with zero attached hydrogens (tertiary/aromatic N) is 1. The largest absolute Gasteiger partial charge is 0.369 e. The molecule has 90 valence electrons. The van der Waals surface area contributed by atoms with E-state index in [4.69, 9.17) is 0 Å². The summed E-state index contributed by atoms with van der Waals surface area (Å²) in [5.41, 5.74) is 0.702. The summed E-state index contributed by atoms with van der Waals surface area (Å²) in [5.74, 6) is 0.366. The Hall–Kier alpha value is -1.09. The zero-order valence-electron chi connectivity index (χ0n) is 10.3. The van der Waals surface area contributed by atoms with Crippen LogP contribution in [0.25, 0.3) is 0 Å². The molecule has 0 heterocycles. The van der Waals surface area contributed by atoms with Gasteiger partial charge in [-0.2, -0.15) is 0 Å². The second kappa shape index (κ2) is 6.48. The molecule has 3 heteroatoms. The molecule has 0 saturated heterocycles. The van der Waals surface area contributed by atoms with E-state index in [0.717, 1.165) is 19.6 Å². The van der Waals surface area contributed by atoms with Gasteiger partial charge in [-0.1, -0.05) is 19.1 Å². The number of anilines is 1. The molecule has 16 heavy (non-hydrogen) atoms. The highest BCUT2D eigenvalue weighted by atomic mass is 19.1. The lowest BCUT2D eigenvalue weighted by molar-refractivity contribution is 0.526.